The third kappa shape index (κ3) is 5.18. The van der Waals surface area contributed by atoms with E-state index in [1.165, 1.54) is 0 Å². The summed E-state index contributed by atoms with van der Waals surface area (Å²) in [5.41, 5.74) is 2.29. The molecule has 8 heteroatoms. The van der Waals surface area contributed by atoms with E-state index < -0.39 is 12.0 Å². The number of amides is 2. The number of nitrogens with zero attached hydrogens (tertiary/aromatic N) is 1. The van der Waals surface area contributed by atoms with Gasteiger partial charge in [-0.1, -0.05) is 30.3 Å². The Kier molecular flexibility index (Phi) is 8.05. The first-order valence-electron chi connectivity index (χ1n) is 11.5. The van der Waals surface area contributed by atoms with Crippen molar-refractivity contribution in [2.24, 2.45) is 0 Å². The van der Waals surface area contributed by atoms with Gasteiger partial charge in [-0.2, -0.15) is 0 Å². The molecule has 7 nitrogen and oxygen atoms in total. The monoisotopic (exact) mass is 494 g/mol. The molecule has 0 aliphatic carbocycles. The van der Waals surface area contributed by atoms with Crippen molar-refractivity contribution in [3.8, 4) is 11.5 Å². The molecule has 0 bridgehead atoms. The number of hydrogen-bond donors (Lipinski definition) is 1. The number of carbonyl (C=O) groups excluding carboxylic acids is 2. The summed E-state index contributed by atoms with van der Waals surface area (Å²) >= 11 is 1.55. The van der Waals surface area contributed by atoms with Crippen LogP contribution in [0, 0.1) is 0 Å². The van der Waals surface area contributed by atoms with Crippen LogP contribution in [0.5, 0.6) is 11.5 Å². The van der Waals surface area contributed by atoms with Gasteiger partial charge in [0.2, 0.25) is 5.91 Å². The number of benzene rings is 2. The van der Waals surface area contributed by atoms with Crippen LogP contribution in [0.3, 0.4) is 0 Å². The fraction of sp³-hybridized carbons (Fsp3) is 0.333. The number of rotatable bonds is 10. The standard InChI is InChI=1S/C27H30N2O5S/c1-32-15-14-29-25(23-9-6-16-35-23)24(20-7-4-5-8-21(20)27(29)31)26(30)28-13-12-18-10-11-19(33-2)17-22(18)34-3/h4-11,16-17,24-25H,12-15H2,1-3H3,(H,28,30). The van der Waals surface area contributed by atoms with Crippen LogP contribution < -0.4 is 14.8 Å². The van der Waals surface area contributed by atoms with E-state index >= 15 is 0 Å². The van der Waals surface area contributed by atoms with Gasteiger partial charge in [0.05, 0.1) is 32.8 Å². The first kappa shape index (κ1) is 24.8. The van der Waals surface area contributed by atoms with E-state index in [2.05, 4.69) is 5.32 Å². The SMILES string of the molecule is COCCN1C(=O)c2ccccc2C(C(=O)NCCc2ccc(OC)cc2OC)C1c1cccs1. The summed E-state index contributed by atoms with van der Waals surface area (Å²) in [5, 5.41) is 5.09. The quantitative estimate of drug-likeness (QED) is 0.460. The molecule has 2 unspecified atom stereocenters. The van der Waals surface area contributed by atoms with Crippen LogP contribution in [0.1, 0.15) is 38.3 Å². The van der Waals surface area contributed by atoms with Crippen LogP contribution in [0.15, 0.2) is 60.0 Å². The van der Waals surface area contributed by atoms with Crippen LogP contribution in [0.4, 0.5) is 0 Å². The van der Waals surface area contributed by atoms with Crippen molar-refractivity contribution in [1.29, 1.82) is 0 Å². The number of fused-ring (bicyclic) bond motifs is 1. The molecule has 1 aromatic heterocycles. The van der Waals surface area contributed by atoms with Crippen LogP contribution >= 0.6 is 11.3 Å². The molecule has 1 N–H and O–H groups in total. The molecule has 4 rings (SSSR count). The van der Waals surface area contributed by atoms with Gasteiger partial charge >= 0.3 is 0 Å². The predicted molar refractivity (Wildman–Crippen MR) is 135 cm³/mol. The topological polar surface area (TPSA) is 77.1 Å². The Balaban J connectivity index is 1.61. The normalized spacial score (nSPS) is 17.1. The number of nitrogens with one attached hydrogen (secondary N) is 1. The highest BCUT2D eigenvalue weighted by molar-refractivity contribution is 7.10. The van der Waals surface area contributed by atoms with Gasteiger partial charge in [0.25, 0.3) is 5.91 Å². The van der Waals surface area contributed by atoms with Crippen LogP contribution in [-0.2, 0) is 16.0 Å². The van der Waals surface area contributed by atoms with Crippen LogP contribution in [-0.4, -0.2) is 57.7 Å². The van der Waals surface area contributed by atoms with Gasteiger partial charge in [-0.05, 0) is 41.1 Å². The predicted octanol–water partition coefficient (Wildman–Crippen LogP) is 4.05. The molecule has 35 heavy (non-hydrogen) atoms. The molecule has 0 saturated carbocycles. The lowest BCUT2D eigenvalue weighted by Gasteiger charge is -2.41. The second kappa shape index (κ2) is 11.4. The number of thiophene rings is 1. The molecule has 2 aromatic carbocycles. The fourth-order valence-electron chi connectivity index (χ4n) is 4.58. The van der Waals surface area contributed by atoms with Gasteiger partial charge in [0, 0.05) is 36.7 Å². The molecule has 2 atom stereocenters. The van der Waals surface area contributed by atoms with E-state index in [1.807, 2.05) is 53.9 Å². The molecule has 0 radical (unpaired) electrons. The van der Waals surface area contributed by atoms with Crippen molar-refractivity contribution in [1.82, 2.24) is 10.2 Å². The largest absolute Gasteiger partial charge is 0.497 e. The zero-order valence-electron chi connectivity index (χ0n) is 20.2. The van der Waals surface area contributed by atoms with Crippen molar-refractivity contribution in [2.45, 2.75) is 18.4 Å². The number of hydrogen-bond acceptors (Lipinski definition) is 6. The van der Waals surface area contributed by atoms with E-state index in [0.29, 0.717) is 37.4 Å². The fourth-order valence-corrected chi connectivity index (χ4v) is 5.45. The lowest BCUT2D eigenvalue weighted by molar-refractivity contribution is -0.124. The molecule has 0 spiro atoms. The molecule has 2 amide bonds. The first-order chi connectivity index (χ1) is 17.1. The maximum absolute atomic E-state index is 13.7. The average Bonchev–Trinajstić information content (AvgIpc) is 3.42. The zero-order valence-corrected chi connectivity index (χ0v) is 21.0. The zero-order chi connectivity index (χ0) is 24.8. The molecular weight excluding hydrogens is 464 g/mol. The maximum Gasteiger partial charge on any atom is 0.254 e. The van der Waals surface area contributed by atoms with Gasteiger partial charge in [0.1, 0.15) is 11.5 Å². The number of methoxy groups -OCH3 is 3. The van der Waals surface area contributed by atoms with Crippen LogP contribution in [0.25, 0.3) is 0 Å². The van der Waals surface area contributed by atoms with Crippen molar-refractivity contribution < 1.29 is 23.8 Å². The highest BCUT2D eigenvalue weighted by atomic mass is 32.1. The van der Waals surface area contributed by atoms with Gasteiger partial charge in [-0.15, -0.1) is 11.3 Å². The smallest absolute Gasteiger partial charge is 0.254 e. The second-order valence-corrected chi connectivity index (χ2v) is 9.21. The summed E-state index contributed by atoms with van der Waals surface area (Å²) in [6, 6.07) is 16.6. The van der Waals surface area contributed by atoms with Gasteiger partial charge < -0.3 is 24.4 Å². The third-order valence-electron chi connectivity index (χ3n) is 6.28. The highest BCUT2D eigenvalue weighted by Gasteiger charge is 2.44. The summed E-state index contributed by atoms with van der Waals surface area (Å²) < 4.78 is 16.0. The number of ether oxygens (including phenoxy) is 3. The third-order valence-corrected chi connectivity index (χ3v) is 7.22. The van der Waals surface area contributed by atoms with Crippen molar-refractivity contribution >= 4 is 23.2 Å². The Morgan fingerprint density at radius 2 is 1.89 bits per heavy atom. The van der Waals surface area contributed by atoms with Gasteiger partial charge in [-0.25, -0.2) is 0 Å². The molecule has 184 valence electrons. The molecule has 1 aliphatic heterocycles. The van der Waals surface area contributed by atoms with Crippen molar-refractivity contribution in [3.63, 3.8) is 0 Å². The summed E-state index contributed by atoms with van der Waals surface area (Å²) in [6.45, 7) is 1.23. The minimum absolute atomic E-state index is 0.0805. The molecule has 0 fully saturated rings. The Hall–Kier alpha value is -3.36. The maximum atomic E-state index is 13.7. The average molecular weight is 495 g/mol. The van der Waals surface area contributed by atoms with Gasteiger partial charge in [-0.3, -0.25) is 9.59 Å². The van der Waals surface area contributed by atoms with Crippen LogP contribution in [0.2, 0.25) is 0 Å². The Morgan fingerprint density at radius 3 is 2.60 bits per heavy atom. The van der Waals surface area contributed by atoms with E-state index in [-0.39, 0.29) is 11.8 Å². The van der Waals surface area contributed by atoms with E-state index in [0.717, 1.165) is 21.8 Å². The molecule has 3 aromatic rings. The number of carbonyl (C=O) groups is 2. The summed E-state index contributed by atoms with van der Waals surface area (Å²) in [6.07, 6.45) is 0.600. The Morgan fingerprint density at radius 1 is 1.06 bits per heavy atom. The Bertz CT molecular complexity index is 1160. The van der Waals surface area contributed by atoms with Gasteiger partial charge in [0.15, 0.2) is 0 Å². The minimum atomic E-state index is -0.530. The minimum Gasteiger partial charge on any atom is -0.497 e. The lowest BCUT2D eigenvalue weighted by Crippen LogP contribution is -2.48. The summed E-state index contributed by atoms with van der Waals surface area (Å²) in [7, 11) is 4.84. The second-order valence-electron chi connectivity index (χ2n) is 8.24. The summed E-state index contributed by atoms with van der Waals surface area (Å²) in [5.74, 6) is 0.709. The molecule has 2 heterocycles. The first-order valence-corrected chi connectivity index (χ1v) is 12.4. The molecular formula is C27H30N2O5S. The van der Waals surface area contributed by atoms with E-state index in [4.69, 9.17) is 14.2 Å². The molecule has 1 aliphatic rings. The summed E-state index contributed by atoms with van der Waals surface area (Å²) in [4.78, 5) is 29.9. The lowest BCUT2D eigenvalue weighted by atomic mass is 9.81. The molecule has 0 saturated heterocycles. The Labute approximate surface area is 209 Å². The van der Waals surface area contributed by atoms with Crippen molar-refractivity contribution in [2.75, 3.05) is 41.0 Å². The van der Waals surface area contributed by atoms with Crippen molar-refractivity contribution in [3.05, 3.63) is 81.5 Å². The van der Waals surface area contributed by atoms with E-state index in [1.54, 1.807) is 43.6 Å². The van der Waals surface area contributed by atoms with E-state index in [9.17, 15) is 9.59 Å². The highest BCUT2D eigenvalue weighted by Crippen LogP contribution is 2.44.